The molecule has 1 aromatic carbocycles. The first-order valence-corrected chi connectivity index (χ1v) is 4.07. The van der Waals surface area contributed by atoms with Crippen LogP contribution in [0.1, 0.15) is 5.56 Å². The van der Waals surface area contributed by atoms with Gasteiger partial charge in [-0.05, 0) is 12.1 Å². The van der Waals surface area contributed by atoms with Gasteiger partial charge in [-0.1, -0.05) is 17.9 Å². The van der Waals surface area contributed by atoms with Crippen LogP contribution in [0.15, 0.2) is 18.2 Å². The van der Waals surface area contributed by atoms with Crippen molar-refractivity contribution in [2.45, 2.75) is 6.61 Å². The summed E-state index contributed by atoms with van der Waals surface area (Å²) in [4.78, 5) is 0. The van der Waals surface area contributed by atoms with Crippen molar-refractivity contribution in [3.63, 3.8) is 0 Å². The van der Waals surface area contributed by atoms with Gasteiger partial charge in [0, 0.05) is 0 Å². The lowest BCUT2D eigenvalue weighted by atomic mass is 10.2. The largest absolute Gasteiger partial charge is 0.433 e. The molecule has 0 saturated heterocycles. The summed E-state index contributed by atoms with van der Waals surface area (Å²) in [7, 11) is 0. The van der Waals surface area contributed by atoms with Crippen LogP contribution in [-0.2, 0) is 0 Å². The summed E-state index contributed by atoms with van der Waals surface area (Å²) in [5.41, 5.74) is 4.89. The number of hydrogen-bond acceptors (Lipinski definition) is 2. The Morgan fingerprint density at radius 2 is 2.13 bits per heavy atom. The van der Waals surface area contributed by atoms with Crippen molar-refractivity contribution in [2.24, 2.45) is 5.73 Å². The zero-order chi connectivity index (χ0) is 11.3. The molecule has 0 saturated carbocycles. The van der Waals surface area contributed by atoms with E-state index in [0.717, 1.165) is 6.07 Å². The molecule has 0 aliphatic heterocycles. The Hall–Kier alpha value is -1.67. The fourth-order valence-corrected chi connectivity index (χ4v) is 0.959. The van der Waals surface area contributed by atoms with Gasteiger partial charge in [0.05, 0.1) is 6.54 Å². The van der Waals surface area contributed by atoms with Crippen LogP contribution in [0.3, 0.4) is 0 Å². The van der Waals surface area contributed by atoms with E-state index in [1.165, 1.54) is 12.1 Å². The van der Waals surface area contributed by atoms with E-state index in [1.54, 1.807) is 0 Å². The normalized spacial score (nSPS) is 9.67. The van der Waals surface area contributed by atoms with Crippen LogP contribution in [0, 0.1) is 17.7 Å². The van der Waals surface area contributed by atoms with E-state index in [9.17, 15) is 13.2 Å². The van der Waals surface area contributed by atoms with Crippen LogP contribution < -0.4 is 10.5 Å². The summed E-state index contributed by atoms with van der Waals surface area (Å²) in [5, 5.41) is 0. The van der Waals surface area contributed by atoms with Gasteiger partial charge >= 0.3 is 6.61 Å². The molecule has 15 heavy (non-hydrogen) atoms. The first kappa shape index (κ1) is 11.4. The number of rotatable bonds is 2. The van der Waals surface area contributed by atoms with Crippen LogP contribution >= 0.6 is 0 Å². The van der Waals surface area contributed by atoms with E-state index >= 15 is 0 Å². The van der Waals surface area contributed by atoms with Crippen molar-refractivity contribution in [2.75, 3.05) is 6.54 Å². The Balaban J connectivity index is 3.08. The van der Waals surface area contributed by atoms with Gasteiger partial charge in [0.25, 0.3) is 0 Å². The average Bonchev–Trinajstić information content (AvgIpc) is 2.16. The van der Waals surface area contributed by atoms with Gasteiger partial charge in [0.1, 0.15) is 17.1 Å². The molecule has 0 fully saturated rings. The number of nitrogens with two attached hydrogens (primary N) is 1. The topological polar surface area (TPSA) is 35.2 Å². The number of hydrogen-bond donors (Lipinski definition) is 1. The van der Waals surface area contributed by atoms with Gasteiger partial charge in [0.15, 0.2) is 0 Å². The predicted octanol–water partition coefficient (Wildman–Crippen LogP) is 1.74. The minimum Gasteiger partial charge on any atom is -0.433 e. The van der Waals surface area contributed by atoms with Gasteiger partial charge in [-0.2, -0.15) is 8.78 Å². The number of benzene rings is 1. The molecule has 0 aromatic heterocycles. The second-order valence-corrected chi connectivity index (χ2v) is 2.50. The summed E-state index contributed by atoms with van der Waals surface area (Å²) >= 11 is 0. The predicted molar refractivity (Wildman–Crippen MR) is 49.0 cm³/mol. The van der Waals surface area contributed by atoms with Gasteiger partial charge in [-0.3, -0.25) is 0 Å². The maximum Gasteiger partial charge on any atom is 0.387 e. The molecule has 1 aromatic rings. The molecule has 0 spiro atoms. The van der Waals surface area contributed by atoms with Gasteiger partial charge in [-0.25, -0.2) is 4.39 Å². The van der Waals surface area contributed by atoms with Crippen molar-refractivity contribution in [1.29, 1.82) is 0 Å². The molecule has 0 heterocycles. The third kappa shape index (κ3) is 3.18. The van der Waals surface area contributed by atoms with E-state index in [2.05, 4.69) is 16.6 Å². The molecule has 2 N–H and O–H groups in total. The maximum atomic E-state index is 13.2. The molecule has 2 nitrogen and oxygen atoms in total. The Kier molecular flexibility index (Phi) is 4.01. The van der Waals surface area contributed by atoms with Crippen LogP contribution in [0.25, 0.3) is 0 Å². The average molecular weight is 215 g/mol. The zero-order valence-corrected chi connectivity index (χ0v) is 7.64. The first-order valence-electron chi connectivity index (χ1n) is 4.07. The second-order valence-electron chi connectivity index (χ2n) is 2.50. The highest BCUT2D eigenvalue weighted by atomic mass is 19.3. The van der Waals surface area contributed by atoms with Crippen LogP contribution in [-0.4, -0.2) is 13.2 Å². The molecular weight excluding hydrogens is 207 g/mol. The van der Waals surface area contributed by atoms with Gasteiger partial charge in [-0.15, -0.1) is 0 Å². The van der Waals surface area contributed by atoms with Crippen LogP contribution in [0.4, 0.5) is 13.2 Å². The van der Waals surface area contributed by atoms with Crippen molar-refractivity contribution in [3.05, 3.63) is 29.6 Å². The number of alkyl halides is 2. The van der Waals surface area contributed by atoms with E-state index in [4.69, 9.17) is 5.73 Å². The van der Waals surface area contributed by atoms with Gasteiger partial charge in [0.2, 0.25) is 0 Å². The highest BCUT2D eigenvalue weighted by molar-refractivity contribution is 5.47. The Morgan fingerprint density at radius 3 is 2.73 bits per heavy atom. The lowest BCUT2D eigenvalue weighted by Crippen LogP contribution is -2.04. The number of halogens is 3. The molecule has 5 heteroatoms. The monoisotopic (exact) mass is 215 g/mol. The molecule has 0 bridgehead atoms. The van der Waals surface area contributed by atoms with E-state index < -0.39 is 12.4 Å². The summed E-state index contributed by atoms with van der Waals surface area (Å²) in [6.45, 7) is -2.99. The van der Waals surface area contributed by atoms with Crippen molar-refractivity contribution in [1.82, 2.24) is 0 Å². The third-order valence-electron chi connectivity index (χ3n) is 1.51. The summed E-state index contributed by atoms with van der Waals surface area (Å²) in [5.74, 6) is 3.71. The zero-order valence-electron chi connectivity index (χ0n) is 7.64. The molecule has 0 aliphatic rings. The second kappa shape index (κ2) is 5.27. The fraction of sp³-hybridized carbons (Fsp3) is 0.200. The van der Waals surface area contributed by atoms with E-state index in [-0.39, 0.29) is 17.9 Å². The van der Waals surface area contributed by atoms with Crippen LogP contribution in [0.2, 0.25) is 0 Å². The van der Waals surface area contributed by atoms with Crippen molar-refractivity contribution in [3.8, 4) is 17.6 Å². The van der Waals surface area contributed by atoms with Gasteiger partial charge < -0.3 is 10.5 Å². The minimum atomic E-state index is -3.01. The summed E-state index contributed by atoms with van der Waals surface area (Å²) < 4.78 is 41.1. The summed E-state index contributed by atoms with van der Waals surface area (Å²) in [6.07, 6.45) is 0. The van der Waals surface area contributed by atoms with E-state index in [0.29, 0.717) is 0 Å². The molecule has 0 amide bonds. The molecule has 0 unspecified atom stereocenters. The highest BCUT2D eigenvalue weighted by Gasteiger charge is 2.11. The smallest absolute Gasteiger partial charge is 0.387 e. The molecule has 80 valence electrons. The first-order chi connectivity index (χ1) is 7.15. The number of ether oxygens (including phenoxy) is 1. The lowest BCUT2D eigenvalue weighted by molar-refractivity contribution is -0.0501. The third-order valence-corrected chi connectivity index (χ3v) is 1.51. The Labute approximate surface area is 84.8 Å². The maximum absolute atomic E-state index is 13.2. The summed E-state index contributed by atoms with van der Waals surface area (Å²) in [6, 6.07) is 3.59. The quantitative estimate of drug-likeness (QED) is 0.762. The lowest BCUT2D eigenvalue weighted by Gasteiger charge is -2.06. The molecule has 0 radical (unpaired) electrons. The standard InChI is InChI=1S/C10H8F3NO/c11-8-4-1-5-9(15-10(12)13)7(8)3-2-6-14/h1,4-5,10H,6,14H2. The van der Waals surface area contributed by atoms with Crippen molar-refractivity contribution < 1.29 is 17.9 Å². The molecule has 0 aliphatic carbocycles. The SMILES string of the molecule is NCC#Cc1c(F)cccc1OC(F)F. The fourth-order valence-electron chi connectivity index (χ4n) is 0.959. The molecular formula is C10H8F3NO. The van der Waals surface area contributed by atoms with E-state index in [1.807, 2.05) is 0 Å². The minimum absolute atomic E-state index is 0.0163. The van der Waals surface area contributed by atoms with Crippen molar-refractivity contribution >= 4 is 0 Å². The van der Waals surface area contributed by atoms with Crippen LogP contribution in [0.5, 0.6) is 5.75 Å². The Bertz CT molecular complexity index is 395. The molecule has 0 atom stereocenters. The highest BCUT2D eigenvalue weighted by Crippen LogP contribution is 2.22. The molecule has 1 rings (SSSR count). The Morgan fingerprint density at radius 1 is 1.40 bits per heavy atom.